The average Bonchev–Trinajstić information content (AvgIpc) is 2.46. The lowest BCUT2D eigenvalue weighted by Gasteiger charge is -2.29. The van der Waals surface area contributed by atoms with E-state index in [1.807, 2.05) is 13.8 Å². The second kappa shape index (κ2) is 7.98. The van der Waals surface area contributed by atoms with Crippen molar-refractivity contribution in [3.8, 4) is 0 Å². The monoisotopic (exact) mass is 295 g/mol. The van der Waals surface area contributed by atoms with E-state index in [0.717, 1.165) is 19.5 Å². The molecule has 0 bridgehead atoms. The molecule has 1 aromatic rings. The van der Waals surface area contributed by atoms with Crippen LogP contribution in [0, 0.1) is 11.7 Å². The van der Waals surface area contributed by atoms with Gasteiger partial charge in [0.2, 0.25) is 5.91 Å². The molecule has 1 amide bonds. The molecule has 0 saturated heterocycles. The topological polar surface area (TPSA) is 58.4 Å². The van der Waals surface area contributed by atoms with Crippen molar-refractivity contribution in [3.05, 3.63) is 24.0 Å². The molecule has 2 unspecified atom stereocenters. The number of anilines is 2. The van der Waals surface area contributed by atoms with E-state index in [1.54, 1.807) is 0 Å². The first-order valence-corrected chi connectivity index (χ1v) is 7.48. The van der Waals surface area contributed by atoms with Gasteiger partial charge in [-0.25, -0.2) is 4.39 Å². The summed E-state index contributed by atoms with van der Waals surface area (Å²) in [6.07, 6.45) is 1.08. The Labute approximate surface area is 126 Å². The smallest absolute Gasteiger partial charge is 0.241 e. The Bertz CT molecular complexity index is 479. The predicted molar refractivity (Wildman–Crippen MR) is 85.6 cm³/mol. The molecule has 21 heavy (non-hydrogen) atoms. The maximum absolute atomic E-state index is 13.0. The van der Waals surface area contributed by atoms with Gasteiger partial charge in [-0.1, -0.05) is 27.2 Å². The predicted octanol–water partition coefficient (Wildman–Crippen LogP) is 3.10. The number of nitrogens with two attached hydrogens (primary N) is 1. The number of halogens is 1. The number of benzene rings is 1. The van der Waals surface area contributed by atoms with E-state index in [-0.39, 0.29) is 17.6 Å². The molecule has 5 heteroatoms. The fraction of sp³-hybridized carbons (Fsp3) is 0.562. The van der Waals surface area contributed by atoms with Gasteiger partial charge in [0.15, 0.2) is 0 Å². The molecule has 0 aliphatic rings. The highest BCUT2D eigenvalue weighted by Gasteiger charge is 2.21. The van der Waals surface area contributed by atoms with Crippen molar-refractivity contribution < 1.29 is 9.18 Å². The number of amides is 1. The fourth-order valence-corrected chi connectivity index (χ4v) is 2.14. The molecule has 118 valence electrons. The van der Waals surface area contributed by atoms with Gasteiger partial charge in [-0.05, 0) is 37.6 Å². The second-order valence-corrected chi connectivity index (χ2v) is 5.50. The third-order valence-electron chi connectivity index (χ3n) is 3.85. The maximum Gasteiger partial charge on any atom is 0.241 e. The third kappa shape index (κ3) is 5.01. The molecule has 0 aliphatic carbocycles. The first-order chi connectivity index (χ1) is 9.88. The molecule has 4 nitrogen and oxygen atoms in total. The summed E-state index contributed by atoms with van der Waals surface area (Å²) in [6.45, 7) is 9.91. The third-order valence-corrected chi connectivity index (χ3v) is 3.85. The van der Waals surface area contributed by atoms with E-state index in [1.165, 1.54) is 18.2 Å². The van der Waals surface area contributed by atoms with Gasteiger partial charge in [0.05, 0.1) is 17.4 Å². The highest BCUT2D eigenvalue weighted by Crippen LogP contribution is 2.20. The van der Waals surface area contributed by atoms with E-state index >= 15 is 0 Å². The summed E-state index contributed by atoms with van der Waals surface area (Å²) < 4.78 is 13.0. The zero-order valence-corrected chi connectivity index (χ0v) is 13.3. The Morgan fingerprint density at radius 2 is 2.05 bits per heavy atom. The van der Waals surface area contributed by atoms with Crippen LogP contribution in [0.2, 0.25) is 0 Å². The minimum atomic E-state index is -0.412. The average molecular weight is 295 g/mol. The van der Waals surface area contributed by atoms with Gasteiger partial charge in [-0.2, -0.15) is 0 Å². The van der Waals surface area contributed by atoms with Crippen LogP contribution in [0.5, 0.6) is 0 Å². The molecular weight excluding hydrogens is 269 g/mol. The van der Waals surface area contributed by atoms with Crippen molar-refractivity contribution in [2.75, 3.05) is 24.1 Å². The number of carbonyl (C=O) groups is 1. The number of likely N-dealkylation sites (N-methyl/N-ethyl adjacent to an activating group) is 1. The van der Waals surface area contributed by atoms with Crippen molar-refractivity contribution in [2.45, 2.75) is 40.2 Å². The summed E-state index contributed by atoms with van der Waals surface area (Å²) in [5, 5.41) is 2.77. The van der Waals surface area contributed by atoms with E-state index < -0.39 is 5.82 Å². The standard InChI is InChI=1S/C16H26FN3O/c1-5-11(3)10-20(6-2)12(4)16(21)19-15-8-7-13(17)9-14(15)18/h7-9,11-12H,5-6,10,18H2,1-4H3,(H,19,21). The van der Waals surface area contributed by atoms with Crippen molar-refractivity contribution in [2.24, 2.45) is 5.92 Å². The summed E-state index contributed by atoms with van der Waals surface area (Å²) >= 11 is 0. The number of nitrogen functional groups attached to an aromatic ring is 1. The summed E-state index contributed by atoms with van der Waals surface area (Å²) in [5.74, 6) is 0.0000505. The van der Waals surface area contributed by atoms with Crippen molar-refractivity contribution >= 4 is 17.3 Å². The minimum Gasteiger partial charge on any atom is -0.397 e. The maximum atomic E-state index is 13.0. The van der Waals surface area contributed by atoms with Crippen LogP contribution in [0.3, 0.4) is 0 Å². The van der Waals surface area contributed by atoms with E-state index in [9.17, 15) is 9.18 Å². The van der Waals surface area contributed by atoms with Crippen LogP contribution in [-0.2, 0) is 4.79 Å². The van der Waals surface area contributed by atoms with Gasteiger partial charge in [-0.3, -0.25) is 9.69 Å². The molecule has 0 saturated carbocycles. The Kier molecular flexibility index (Phi) is 6.62. The number of carbonyl (C=O) groups excluding carboxylic acids is 1. The van der Waals surface area contributed by atoms with E-state index in [4.69, 9.17) is 5.73 Å². The summed E-state index contributed by atoms with van der Waals surface area (Å²) in [4.78, 5) is 14.4. The second-order valence-electron chi connectivity index (χ2n) is 5.50. The van der Waals surface area contributed by atoms with Gasteiger partial charge in [0, 0.05) is 6.54 Å². The highest BCUT2D eigenvalue weighted by atomic mass is 19.1. The number of nitrogens with one attached hydrogen (secondary N) is 1. The van der Waals surface area contributed by atoms with Crippen LogP contribution >= 0.6 is 0 Å². The first kappa shape index (κ1) is 17.4. The molecule has 0 aliphatic heterocycles. The Morgan fingerprint density at radius 1 is 1.38 bits per heavy atom. The molecule has 2 atom stereocenters. The zero-order chi connectivity index (χ0) is 16.0. The van der Waals surface area contributed by atoms with E-state index in [2.05, 4.69) is 24.1 Å². The number of nitrogens with zero attached hydrogens (tertiary/aromatic N) is 1. The van der Waals surface area contributed by atoms with Crippen LogP contribution in [0.25, 0.3) is 0 Å². The Hall–Kier alpha value is -1.62. The number of hydrogen-bond acceptors (Lipinski definition) is 3. The molecule has 0 heterocycles. The van der Waals surface area contributed by atoms with Crippen molar-refractivity contribution in [1.82, 2.24) is 4.90 Å². The van der Waals surface area contributed by atoms with Crippen molar-refractivity contribution in [1.29, 1.82) is 0 Å². The normalized spacial score (nSPS) is 14.0. The van der Waals surface area contributed by atoms with E-state index in [0.29, 0.717) is 11.6 Å². The van der Waals surface area contributed by atoms with Crippen LogP contribution in [0.15, 0.2) is 18.2 Å². The Balaban J connectivity index is 2.72. The summed E-state index contributed by atoms with van der Waals surface area (Å²) in [7, 11) is 0. The molecule has 1 aromatic carbocycles. The zero-order valence-electron chi connectivity index (χ0n) is 13.3. The number of hydrogen-bond donors (Lipinski definition) is 2. The lowest BCUT2D eigenvalue weighted by molar-refractivity contribution is -0.120. The molecule has 0 spiro atoms. The summed E-state index contributed by atoms with van der Waals surface area (Å²) in [5.41, 5.74) is 6.40. The lowest BCUT2D eigenvalue weighted by Crippen LogP contribution is -2.44. The molecule has 3 N–H and O–H groups in total. The van der Waals surface area contributed by atoms with Gasteiger partial charge >= 0.3 is 0 Å². The fourth-order valence-electron chi connectivity index (χ4n) is 2.14. The SMILES string of the molecule is CCC(C)CN(CC)C(C)C(=O)Nc1ccc(F)cc1N. The largest absolute Gasteiger partial charge is 0.397 e. The summed E-state index contributed by atoms with van der Waals surface area (Å²) in [6, 6.07) is 3.72. The number of rotatable bonds is 7. The van der Waals surface area contributed by atoms with Gasteiger partial charge in [0.1, 0.15) is 5.82 Å². The van der Waals surface area contributed by atoms with Gasteiger partial charge < -0.3 is 11.1 Å². The van der Waals surface area contributed by atoms with Crippen LogP contribution in [0.4, 0.5) is 15.8 Å². The van der Waals surface area contributed by atoms with Gasteiger partial charge in [-0.15, -0.1) is 0 Å². The molecule has 0 radical (unpaired) electrons. The quantitative estimate of drug-likeness (QED) is 0.760. The minimum absolute atomic E-state index is 0.126. The first-order valence-electron chi connectivity index (χ1n) is 7.48. The lowest BCUT2D eigenvalue weighted by atomic mass is 10.1. The molecule has 0 fully saturated rings. The van der Waals surface area contributed by atoms with Crippen LogP contribution in [0.1, 0.15) is 34.1 Å². The Morgan fingerprint density at radius 3 is 2.57 bits per heavy atom. The van der Waals surface area contributed by atoms with Crippen LogP contribution in [-0.4, -0.2) is 29.9 Å². The van der Waals surface area contributed by atoms with Gasteiger partial charge in [0.25, 0.3) is 0 Å². The molecule has 1 rings (SSSR count). The van der Waals surface area contributed by atoms with Crippen LogP contribution < -0.4 is 11.1 Å². The molecular formula is C16H26FN3O. The van der Waals surface area contributed by atoms with Crippen molar-refractivity contribution in [3.63, 3.8) is 0 Å². The molecule has 0 aromatic heterocycles. The highest BCUT2D eigenvalue weighted by molar-refractivity contribution is 5.97.